The van der Waals surface area contributed by atoms with Crippen LogP contribution in [-0.2, 0) is 10.4 Å². The topological polar surface area (TPSA) is 52.6 Å². The third-order valence-electron chi connectivity index (χ3n) is 7.53. The van der Waals surface area contributed by atoms with E-state index in [2.05, 4.69) is 23.2 Å². The highest BCUT2D eigenvalue weighted by molar-refractivity contribution is 5.87. The number of likely N-dealkylation sites (tertiary alicyclic amines) is 1. The van der Waals surface area contributed by atoms with E-state index in [4.69, 9.17) is 0 Å². The minimum Gasteiger partial charge on any atom is -0.375 e. The van der Waals surface area contributed by atoms with Crippen LogP contribution in [0.1, 0.15) is 70.3 Å². The minimum absolute atomic E-state index is 0.0141. The Morgan fingerprint density at radius 3 is 2.43 bits per heavy atom. The summed E-state index contributed by atoms with van der Waals surface area (Å²) in [5, 5.41) is 14.9. The molecule has 1 amide bonds. The molecule has 0 bridgehead atoms. The number of hydrogen-bond acceptors (Lipinski definition) is 3. The summed E-state index contributed by atoms with van der Waals surface area (Å²) in [6, 6.07) is 9.74. The molecule has 1 heterocycles. The van der Waals surface area contributed by atoms with Crippen molar-refractivity contribution in [1.82, 2.24) is 10.2 Å². The van der Waals surface area contributed by atoms with Crippen molar-refractivity contribution in [2.24, 2.45) is 11.8 Å². The van der Waals surface area contributed by atoms with E-state index in [1.54, 1.807) is 5.57 Å². The van der Waals surface area contributed by atoms with E-state index in [-0.39, 0.29) is 17.9 Å². The standard InChI is InChI=1S/C26H38N2O2/c1-20-8-7-9-21(18-20)19-28-16-14-24(15-17-28)27-25(29)26(30,23-12-5-6-13-23)22-10-3-2-4-11-22/h2-4,10-11,18,20,23-24,30H,5-9,12-17,19H2,1H3,(H,27,29). The zero-order valence-electron chi connectivity index (χ0n) is 18.5. The Labute approximate surface area is 181 Å². The molecule has 2 aliphatic carbocycles. The van der Waals surface area contributed by atoms with Crippen LogP contribution in [0.4, 0.5) is 0 Å². The van der Waals surface area contributed by atoms with Crippen LogP contribution in [-0.4, -0.2) is 41.6 Å². The molecule has 30 heavy (non-hydrogen) atoms. The van der Waals surface area contributed by atoms with E-state index in [0.717, 1.165) is 69.6 Å². The molecule has 3 aliphatic rings. The molecule has 4 rings (SSSR count). The van der Waals surface area contributed by atoms with Crippen molar-refractivity contribution in [1.29, 1.82) is 0 Å². The predicted octanol–water partition coefficient (Wildman–Crippen LogP) is 4.39. The summed E-state index contributed by atoms with van der Waals surface area (Å²) in [5.41, 5.74) is 0.930. The number of amides is 1. The van der Waals surface area contributed by atoms with Gasteiger partial charge in [-0.3, -0.25) is 9.69 Å². The molecule has 1 aliphatic heterocycles. The quantitative estimate of drug-likeness (QED) is 0.684. The van der Waals surface area contributed by atoms with Gasteiger partial charge < -0.3 is 10.4 Å². The van der Waals surface area contributed by atoms with E-state index < -0.39 is 5.60 Å². The molecule has 164 valence electrons. The van der Waals surface area contributed by atoms with Gasteiger partial charge in [0.05, 0.1) is 0 Å². The fourth-order valence-corrected chi connectivity index (χ4v) is 5.76. The Hall–Kier alpha value is -1.65. The van der Waals surface area contributed by atoms with Gasteiger partial charge in [0.15, 0.2) is 5.60 Å². The van der Waals surface area contributed by atoms with Gasteiger partial charge in [-0.2, -0.15) is 0 Å². The number of aliphatic hydroxyl groups is 1. The number of piperidine rings is 1. The first-order chi connectivity index (χ1) is 14.6. The molecular weight excluding hydrogens is 372 g/mol. The summed E-state index contributed by atoms with van der Waals surface area (Å²) in [7, 11) is 0. The molecule has 0 spiro atoms. The monoisotopic (exact) mass is 410 g/mol. The summed E-state index contributed by atoms with van der Waals surface area (Å²) in [5.74, 6) is 0.542. The zero-order chi connectivity index (χ0) is 21.0. The summed E-state index contributed by atoms with van der Waals surface area (Å²) < 4.78 is 0. The number of carbonyl (C=O) groups excluding carboxylic acids is 1. The third kappa shape index (κ3) is 4.81. The van der Waals surface area contributed by atoms with Crippen molar-refractivity contribution in [3.05, 3.63) is 47.5 Å². The van der Waals surface area contributed by atoms with Gasteiger partial charge in [-0.05, 0) is 56.4 Å². The third-order valence-corrected chi connectivity index (χ3v) is 7.53. The fraction of sp³-hybridized carbons (Fsp3) is 0.654. The van der Waals surface area contributed by atoms with Gasteiger partial charge in [-0.25, -0.2) is 0 Å². The van der Waals surface area contributed by atoms with Crippen LogP contribution in [0.3, 0.4) is 0 Å². The molecule has 1 aromatic rings. The summed E-state index contributed by atoms with van der Waals surface area (Å²) in [6.07, 6.45) is 12.3. The van der Waals surface area contributed by atoms with Crippen molar-refractivity contribution in [2.75, 3.05) is 19.6 Å². The van der Waals surface area contributed by atoms with Gasteiger partial charge >= 0.3 is 0 Å². The number of nitrogens with one attached hydrogen (secondary N) is 1. The largest absolute Gasteiger partial charge is 0.375 e. The van der Waals surface area contributed by atoms with E-state index in [1.165, 1.54) is 19.3 Å². The van der Waals surface area contributed by atoms with Crippen LogP contribution >= 0.6 is 0 Å². The van der Waals surface area contributed by atoms with Gasteiger partial charge in [0.25, 0.3) is 5.91 Å². The molecule has 0 radical (unpaired) electrons. The lowest BCUT2D eigenvalue weighted by Crippen LogP contribution is -2.54. The number of carbonyl (C=O) groups is 1. The first-order valence-electron chi connectivity index (χ1n) is 12.1. The number of nitrogens with zero attached hydrogens (tertiary/aromatic N) is 1. The number of benzene rings is 1. The van der Waals surface area contributed by atoms with Gasteiger partial charge in [0.1, 0.15) is 0 Å². The first-order valence-corrected chi connectivity index (χ1v) is 12.1. The van der Waals surface area contributed by atoms with E-state index in [9.17, 15) is 9.90 Å². The summed E-state index contributed by atoms with van der Waals surface area (Å²) >= 11 is 0. The van der Waals surface area contributed by atoms with Gasteiger partial charge in [0.2, 0.25) is 0 Å². The first kappa shape index (κ1) is 21.6. The number of allylic oxidation sites excluding steroid dienone is 1. The van der Waals surface area contributed by atoms with Crippen molar-refractivity contribution in [3.8, 4) is 0 Å². The second kappa shape index (κ2) is 9.65. The van der Waals surface area contributed by atoms with Gasteiger partial charge in [-0.15, -0.1) is 0 Å². The summed E-state index contributed by atoms with van der Waals surface area (Å²) in [6.45, 7) is 5.44. The Morgan fingerprint density at radius 1 is 1.07 bits per heavy atom. The average molecular weight is 411 g/mol. The molecule has 1 saturated heterocycles. The Kier molecular flexibility index (Phi) is 6.94. The second-order valence-corrected chi connectivity index (χ2v) is 9.83. The number of rotatable bonds is 6. The second-order valence-electron chi connectivity index (χ2n) is 9.83. The molecule has 1 aromatic carbocycles. The maximum Gasteiger partial charge on any atom is 0.257 e. The Bertz CT molecular complexity index is 733. The van der Waals surface area contributed by atoms with Crippen LogP contribution in [0.15, 0.2) is 42.0 Å². The van der Waals surface area contributed by atoms with Crippen LogP contribution in [0, 0.1) is 11.8 Å². The van der Waals surface area contributed by atoms with E-state index in [0.29, 0.717) is 0 Å². The van der Waals surface area contributed by atoms with E-state index in [1.807, 2.05) is 30.3 Å². The molecule has 2 N–H and O–H groups in total. The van der Waals surface area contributed by atoms with Crippen molar-refractivity contribution in [3.63, 3.8) is 0 Å². The van der Waals surface area contributed by atoms with E-state index >= 15 is 0 Å². The van der Waals surface area contributed by atoms with Crippen LogP contribution < -0.4 is 5.32 Å². The molecule has 1 saturated carbocycles. The van der Waals surface area contributed by atoms with Crippen LogP contribution in [0.5, 0.6) is 0 Å². The van der Waals surface area contributed by atoms with Crippen molar-refractivity contribution in [2.45, 2.75) is 76.4 Å². The van der Waals surface area contributed by atoms with Crippen LogP contribution in [0.2, 0.25) is 0 Å². The van der Waals surface area contributed by atoms with Gasteiger partial charge in [0, 0.05) is 31.6 Å². The van der Waals surface area contributed by atoms with Crippen molar-refractivity contribution >= 4 is 5.91 Å². The SMILES string of the molecule is CC1C=C(CN2CCC(NC(=O)C(O)(c3ccccc3)C3CCCC3)CC2)CCC1. The maximum absolute atomic E-state index is 13.4. The summed E-state index contributed by atoms with van der Waals surface area (Å²) in [4.78, 5) is 15.9. The molecule has 2 atom stereocenters. The molecule has 2 fully saturated rings. The molecular formula is C26H38N2O2. The molecule has 4 heteroatoms. The predicted molar refractivity (Wildman–Crippen MR) is 121 cm³/mol. The smallest absolute Gasteiger partial charge is 0.257 e. The fourth-order valence-electron chi connectivity index (χ4n) is 5.76. The minimum atomic E-state index is -1.40. The zero-order valence-corrected chi connectivity index (χ0v) is 18.5. The molecule has 0 aromatic heterocycles. The molecule has 4 nitrogen and oxygen atoms in total. The lowest BCUT2D eigenvalue weighted by Gasteiger charge is -2.37. The lowest BCUT2D eigenvalue weighted by atomic mass is 9.79. The highest BCUT2D eigenvalue weighted by Gasteiger charge is 2.46. The highest BCUT2D eigenvalue weighted by atomic mass is 16.3. The lowest BCUT2D eigenvalue weighted by molar-refractivity contribution is -0.148. The van der Waals surface area contributed by atoms with Crippen LogP contribution in [0.25, 0.3) is 0 Å². The maximum atomic E-state index is 13.4. The van der Waals surface area contributed by atoms with Crippen molar-refractivity contribution < 1.29 is 9.90 Å². The highest BCUT2D eigenvalue weighted by Crippen LogP contribution is 2.41. The number of hydrogen-bond donors (Lipinski definition) is 2. The Balaban J connectivity index is 1.36. The Morgan fingerprint density at radius 2 is 1.77 bits per heavy atom. The average Bonchev–Trinajstić information content (AvgIpc) is 3.31. The van der Waals surface area contributed by atoms with Gasteiger partial charge in [-0.1, -0.05) is 61.7 Å². The molecule has 2 unspecified atom stereocenters. The normalized spacial score (nSPS) is 26.2.